The number of hydrogen-bond donors (Lipinski definition) is 1. The average Bonchev–Trinajstić information content (AvgIpc) is 3.09. The Bertz CT molecular complexity index is 613. The van der Waals surface area contributed by atoms with E-state index in [0.29, 0.717) is 12.1 Å². The van der Waals surface area contributed by atoms with Gasteiger partial charge in [0.15, 0.2) is 0 Å². The van der Waals surface area contributed by atoms with E-state index in [4.69, 9.17) is 0 Å². The van der Waals surface area contributed by atoms with Crippen molar-refractivity contribution in [2.45, 2.75) is 44.2 Å². The Morgan fingerprint density at radius 2 is 2.00 bits per heavy atom. The SMILES string of the molecule is c1ccc2c(N3CCCCC3C3CCCN3)ccnc2c1. The first-order valence-electron chi connectivity index (χ1n) is 8.27. The lowest BCUT2D eigenvalue weighted by molar-refractivity contribution is 0.379. The fraction of sp³-hybridized carbons (Fsp3) is 0.500. The van der Waals surface area contributed by atoms with Gasteiger partial charge in [-0.25, -0.2) is 0 Å². The van der Waals surface area contributed by atoms with Crippen LogP contribution in [0.3, 0.4) is 0 Å². The van der Waals surface area contributed by atoms with Crippen molar-refractivity contribution in [1.82, 2.24) is 10.3 Å². The average molecular weight is 281 g/mol. The molecule has 2 aromatic rings. The number of fused-ring (bicyclic) bond motifs is 1. The minimum atomic E-state index is 0.645. The van der Waals surface area contributed by atoms with E-state index >= 15 is 0 Å². The highest BCUT2D eigenvalue weighted by atomic mass is 15.2. The second kappa shape index (κ2) is 5.64. The van der Waals surface area contributed by atoms with Crippen molar-refractivity contribution in [3.63, 3.8) is 0 Å². The predicted molar refractivity (Wildman–Crippen MR) is 87.8 cm³/mol. The Labute approximate surface area is 126 Å². The number of nitrogens with one attached hydrogen (secondary N) is 1. The van der Waals surface area contributed by atoms with Gasteiger partial charge in [-0.1, -0.05) is 18.2 Å². The maximum absolute atomic E-state index is 4.52. The quantitative estimate of drug-likeness (QED) is 0.915. The Morgan fingerprint density at radius 3 is 2.90 bits per heavy atom. The van der Waals surface area contributed by atoms with E-state index in [1.165, 1.54) is 56.3 Å². The number of rotatable bonds is 2. The van der Waals surface area contributed by atoms with E-state index in [1.54, 1.807) is 0 Å². The van der Waals surface area contributed by atoms with Crippen LogP contribution in [0.5, 0.6) is 0 Å². The number of aromatic nitrogens is 1. The molecule has 3 nitrogen and oxygen atoms in total. The first kappa shape index (κ1) is 13.1. The normalized spacial score (nSPS) is 26.4. The van der Waals surface area contributed by atoms with Gasteiger partial charge in [-0.2, -0.15) is 0 Å². The van der Waals surface area contributed by atoms with E-state index in [1.807, 2.05) is 6.20 Å². The number of anilines is 1. The first-order chi connectivity index (χ1) is 10.4. The summed E-state index contributed by atoms with van der Waals surface area (Å²) in [7, 11) is 0. The minimum Gasteiger partial charge on any atom is -0.366 e. The highest BCUT2D eigenvalue weighted by Crippen LogP contribution is 2.33. The summed E-state index contributed by atoms with van der Waals surface area (Å²) in [5, 5.41) is 5.01. The molecule has 0 aliphatic carbocycles. The third-order valence-electron chi connectivity index (χ3n) is 5.05. The number of piperidine rings is 1. The molecule has 3 heteroatoms. The van der Waals surface area contributed by atoms with Crippen LogP contribution in [0.4, 0.5) is 5.69 Å². The molecular weight excluding hydrogens is 258 g/mol. The molecule has 1 aromatic heterocycles. The predicted octanol–water partition coefficient (Wildman–Crippen LogP) is 3.35. The summed E-state index contributed by atoms with van der Waals surface area (Å²) in [6, 6.07) is 12.0. The molecule has 4 rings (SSSR count). The first-order valence-corrected chi connectivity index (χ1v) is 8.27. The van der Waals surface area contributed by atoms with Gasteiger partial charge in [0.05, 0.1) is 5.52 Å². The largest absolute Gasteiger partial charge is 0.366 e. The van der Waals surface area contributed by atoms with Crippen molar-refractivity contribution < 1.29 is 0 Å². The summed E-state index contributed by atoms with van der Waals surface area (Å²) < 4.78 is 0. The second-order valence-corrected chi connectivity index (χ2v) is 6.31. The highest BCUT2D eigenvalue weighted by Gasteiger charge is 2.32. The van der Waals surface area contributed by atoms with Gasteiger partial charge >= 0.3 is 0 Å². The van der Waals surface area contributed by atoms with Gasteiger partial charge in [-0.15, -0.1) is 0 Å². The molecule has 0 amide bonds. The fourth-order valence-electron chi connectivity index (χ4n) is 4.05. The maximum atomic E-state index is 4.52. The smallest absolute Gasteiger partial charge is 0.0722 e. The van der Waals surface area contributed by atoms with Crippen molar-refractivity contribution in [2.75, 3.05) is 18.0 Å². The summed E-state index contributed by atoms with van der Waals surface area (Å²) >= 11 is 0. The highest BCUT2D eigenvalue weighted by molar-refractivity contribution is 5.91. The summed E-state index contributed by atoms with van der Waals surface area (Å²) in [5.74, 6) is 0. The monoisotopic (exact) mass is 281 g/mol. The molecule has 0 saturated carbocycles. The van der Waals surface area contributed by atoms with Crippen molar-refractivity contribution in [3.8, 4) is 0 Å². The van der Waals surface area contributed by atoms with Crippen LogP contribution in [0.15, 0.2) is 36.5 Å². The van der Waals surface area contributed by atoms with Crippen LogP contribution in [0.25, 0.3) is 10.9 Å². The molecule has 0 bridgehead atoms. The van der Waals surface area contributed by atoms with Crippen LogP contribution >= 0.6 is 0 Å². The van der Waals surface area contributed by atoms with Gasteiger partial charge in [0.1, 0.15) is 0 Å². The molecule has 2 atom stereocenters. The van der Waals surface area contributed by atoms with Gasteiger partial charge < -0.3 is 10.2 Å². The van der Waals surface area contributed by atoms with Gasteiger partial charge in [-0.3, -0.25) is 4.98 Å². The summed E-state index contributed by atoms with van der Waals surface area (Å²) in [6.45, 7) is 2.36. The van der Waals surface area contributed by atoms with Crippen molar-refractivity contribution in [2.24, 2.45) is 0 Å². The third-order valence-corrected chi connectivity index (χ3v) is 5.05. The summed E-state index contributed by atoms with van der Waals surface area (Å²) in [6.07, 6.45) is 8.60. The van der Waals surface area contributed by atoms with E-state index in [0.717, 1.165) is 5.52 Å². The van der Waals surface area contributed by atoms with Gasteiger partial charge in [-0.05, 0) is 50.8 Å². The van der Waals surface area contributed by atoms with Crippen LogP contribution in [0.1, 0.15) is 32.1 Å². The van der Waals surface area contributed by atoms with Crippen LogP contribution in [-0.4, -0.2) is 30.2 Å². The van der Waals surface area contributed by atoms with E-state index in [9.17, 15) is 0 Å². The lowest BCUT2D eigenvalue weighted by Gasteiger charge is -2.41. The van der Waals surface area contributed by atoms with E-state index in [2.05, 4.69) is 45.5 Å². The number of benzene rings is 1. The Kier molecular flexibility index (Phi) is 3.52. The molecule has 2 aliphatic heterocycles. The Hall–Kier alpha value is -1.61. The van der Waals surface area contributed by atoms with Crippen molar-refractivity contribution in [3.05, 3.63) is 36.5 Å². The Morgan fingerprint density at radius 1 is 1.05 bits per heavy atom. The molecule has 0 radical (unpaired) electrons. The molecule has 21 heavy (non-hydrogen) atoms. The summed E-state index contributed by atoms with van der Waals surface area (Å²) in [5.41, 5.74) is 2.48. The van der Waals surface area contributed by atoms with Crippen LogP contribution in [0.2, 0.25) is 0 Å². The lowest BCUT2D eigenvalue weighted by Crippen LogP contribution is -2.50. The maximum Gasteiger partial charge on any atom is 0.0722 e. The van der Waals surface area contributed by atoms with Gasteiger partial charge in [0.2, 0.25) is 0 Å². The lowest BCUT2D eigenvalue weighted by atomic mass is 9.93. The van der Waals surface area contributed by atoms with Gasteiger partial charge in [0, 0.05) is 35.9 Å². The van der Waals surface area contributed by atoms with Crippen LogP contribution < -0.4 is 10.2 Å². The number of nitrogens with zero attached hydrogens (tertiary/aromatic N) is 2. The third kappa shape index (κ3) is 2.40. The number of pyridine rings is 1. The molecule has 2 aliphatic rings. The molecule has 1 N–H and O–H groups in total. The van der Waals surface area contributed by atoms with E-state index < -0.39 is 0 Å². The molecule has 0 spiro atoms. The Balaban J connectivity index is 1.74. The van der Waals surface area contributed by atoms with Crippen molar-refractivity contribution >= 4 is 16.6 Å². The van der Waals surface area contributed by atoms with Crippen LogP contribution in [0, 0.1) is 0 Å². The second-order valence-electron chi connectivity index (χ2n) is 6.31. The molecule has 110 valence electrons. The van der Waals surface area contributed by atoms with E-state index in [-0.39, 0.29) is 0 Å². The zero-order valence-electron chi connectivity index (χ0n) is 12.5. The van der Waals surface area contributed by atoms with Gasteiger partial charge in [0.25, 0.3) is 0 Å². The molecule has 2 unspecified atom stereocenters. The standard InChI is InChI=1S/C18H23N3/c1-2-7-15-14(6-1)17(10-12-20-15)21-13-4-3-9-18(21)16-8-5-11-19-16/h1-2,6-7,10,12,16,18-19H,3-5,8-9,11,13H2. The topological polar surface area (TPSA) is 28.2 Å². The minimum absolute atomic E-state index is 0.645. The zero-order valence-corrected chi connectivity index (χ0v) is 12.5. The zero-order chi connectivity index (χ0) is 14.1. The molecular formula is C18H23N3. The molecule has 2 saturated heterocycles. The van der Waals surface area contributed by atoms with Crippen LogP contribution in [-0.2, 0) is 0 Å². The van der Waals surface area contributed by atoms with Crippen molar-refractivity contribution in [1.29, 1.82) is 0 Å². The molecule has 2 fully saturated rings. The molecule has 3 heterocycles. The number of para-hydroxylation sites is 1. The number of hydrogen-bond acceptors (Lipinski definition) is 3. The summed E-state index contributed by atoms with van der Waals surface area (Å²) in [4.78, 5) is 7.17. The fourth-order valence-corrected chi connectivity index (χ4v) is 4.05. The molecule has 1 aromatic carbocycles.